The van der Waals surface area contributed by atoms with Crippen LogP contribution in [0.4, 0.5) is 11.4 Å². The zero-order chi connectivity index (χ0) is 23.8. The molecule has 0 spiro atoms. The first-order valence-electron chi connectivity index (χ1n) is 11.2. The maximum atomic E-state index is 13.4. The van der Waals surface area contributed by atoms with Gasteiger partial charge in [0.1, 0.15) is 6.54 Å². The van der Waals surface area contributed by atoms with Crippen LogP contribution in [0, 0.1) is 20.8 Å². The predicted molar refractivity (Wildman–Crippen MR) is 134 cm³/mol. The van der Waals surface area contributed by atoms with Gasteiger partial charge in [0, 0.05) is 22.3 Å². The van der Waals surface area contributed by atoms with Crippen LogP contribution in [0.2, 0.25) is 0 Å². The summed E-state index contributed by atoms with van der Waals surface area (Å²) in [4.78, 5) is 29.1. The number of ether oxygens (including phenoxy) is 2. The number of fused-ring (bicyclic) bond motifs is 2. The summed E-state index contributed by atoms with van der Waals surface area (Å²) >= 11 is 1.63. The van der Waals surface area contributed by atoms with Crippen molar-refractivity contribution in [1.29, 1.82) is 0 Å². The van der Waals surface area contributed by atoms with E-state index in [2.05, 4.69) is 5.32 Å². The fourth-order valence-corrected chi connectivity index (χ4v) is 5.82. The zero-order valence-corrected chi connectivity index (χ0v) is 20.2. The van der Waals surface area contributed by atoms with Crippen LogP contribution in [-0.2, 0) is 9.59 Å². The molecular formula is C27H26N2O4S. The number of amides is 2. The number of para-hydroxylation sites is 1. The number of carbonyl (C=O) groups is 2. The van der Waals surface area contributed by atoms with Gasteiger partial charge >= 0.3 is 0 Å². The van der Waals surface area contributed by atoms with Gasteiger partial charge in [0.25, 0.3) is 0 Å². The summed E-state index contributed by atoms with van der Waals surface area (Å²) in [5.41, 5.74) is 5.72. The minimum Gasteiger partial charge on any atom is -0.454 e. The maximum Gasteiger partial charge on any atom is 0.244 e. The van der Waals surface area contributed by atoms with E-state index in [0.717, 1.165) is 38.5 Å². The normalized spacial score (nSPS) is 16.7. The Morgan fingerprint density at radius 1 is 1.03 bits per heavy atom. The van der Waals surface area contributed by atoms with Gasteiger partial charge < -0.3 is 19.7 Å². The molecule has 2 aliphatic rings. The van der Waals surface area contributed by atoms with Crippen molar-refractivity contribution >= 4 is 35.0 Å². The molecular weight excluding hydrogens is 448 g/mol. The Hall–Kier alpha value is -3.45. The van der Waals surface area contributed by atoms with E-state index in [9.17, 15) is 9.59 Å². The van der Waals surface area contributed by atoms with E-state index in [-0.39, 0.29) is 36.8 Å². The Morgan fingerprint density at radius 3 is 2.56 bits per heavy atom. The van der Waals surface area contributed by atoms with Crippen LogP contribution in [0.15, 0.2) is 59.5 Å². The van der Waals surface area contributed by atoms with Gasteiger partial charge in [0.2, 0.25) is 18.6 Å². The molecule has 7 heteroatoms. The minimum absolute atomic E-state index is 0.0446. The van der Waals surface area contributed by atoms with Gasteiger partial charge in [-0.05, 0) is 61.7 Å². The molecule has 0 bridgehead atoms. The average Bonchev–Trinajstić information content (AvgIpc) is 3.22. The number of carbonyl (C=O) groups excluding carboxylic acids is 2. The molecule has 174 valence electrons. The number of nitrogens with zero attached hydrogens (tertiary/aromatic N) is 1. The first kappa shape index (κ1) is 22.3. The van der Waals surface area contributed by atoms with Crippen molar-refractivity contribution in [3.05, 3.63) is 76.9 Å². The van der Waals surface area contributed by atoms with Crippen molar-refractivity contribution < 1.29 is 19.1 Å². The summed E-state index contributed by atoms with van der Waals surface area (Å²) in [7, 11) is 0. The molecule has 6 nitrogen and oxygen atoms in total. The second kappa shape index (κ2) is 9.06. The molecule has 2 heterocycles. The van der Waals surface area contributed by atoms with Crippen LogP contribution in [0.25, 0.3) is 0 Å². The zero-order valence-electron chi connectivity index (χ0n) is 19.4. The minimum atomic E-state index is -0.218. The van der Waals surface area contributed by atoms with Crippen molar-refractivity contribution in [1.82, 2.24) is 0 Å². The number of aryl methyl sites for hydroxylation is 3. The second-order valence-corrected chi connectivity index (χ2v) is 9.94. The molecule has 34 heavy (non-hydrogen) atoms. The predicted octanol–water partition coefficient (Wildman–Crippen LogP) is 5.55. The highest BCUT2D eigenvalue weighted by Gasteiger charge is 2.31. The molecule has 0 saturated heterocycles. The third-order valence-electron chi connectivity index (χ3n) is 6.10. The molecule has 2 amide bonds. The Bertz CT molecular complexity index is 1270. The van der Waals surface area contributed by atoms with Crippen molar-refractivity contribution in [2.75, 3.05) is 23.6 Å². The number of hydrogen-bond acceptors (Lipinski definition) is 5. The van der Waals surface area contributed by atoms with Gasteiger partial charge in [-0.2, -0.15) is 0 Å². The van der Waals surface area contributed by atoms with E-state index < -0.39 is 0 Å². The van der Waals surface area contributed by atoms with Crippen LogP contribution < -0.4 is 19.7 Å². The Balaban J connectivity index is 1.40. The Kier molecular flexibility index (Phi) is 5.96. The maximum absolute atomic E-state index is 13.4. The molecule has 0 saturated carbocycles. The van der Waals surface area contributed by atoms with Crippen LogP contribution in [0.1, 0.15) is 33.9 Å². The number of benzene rings is 3. The summed E-state index contributed by atoms with van der Waals surface area (Å²) in [5, 5.41) is 2.93. The van der Waals surface area contributed by atoms with E-state index >= 15 is 0 Å². The van der Waals surface area contributed by atoms with Crippen molar-refractivity contribution in [3.8, 4) is 11.5 Å². The van der Waals surface area contributed by atoms with E-state index in [0.29, 0.717) is 11.5 Å². The average molecular weight is 475 g/mol. The largest absolute Gasteiger partial charge is 0.454 e. The molecule has 1 unspecified atom stereocenters. The molecule has 0 aromatic heterocycles. The lowest BCUT2D eigenvalue weighted by Gasteiger charge is -2.23. The highest BCUT2D eigenvalue weighted by molar-refractivity contribution is 7.99. The molecule has 0 fully saturated rings. The monoisotopic (exact) mass is 474 g/mol. The fraction of sp³-hybridized carbons (Fsp3) is 0.259. The quantitative estimate of drug-likeness (QED) is 0.537. The van der Waals surface area contributed by atoms with Gasteiger partial charge in [-0.15, -0.1) is 11.8 Å². The van der Waals surface area contributed by atoms with E-state index in [4.69, 9.17) is 9.47 Å². The van der Waals surface area contributed by atoms with Crippen molar-refractivity contribution in [2.24, 2.45) is 0 Å². The lowest BCUT2D eigenvalue weighted by atomic mass is 10.1. The third kappa shape index (κ3) is 4.35. The molecule has 0 radical (unpaired) electrons. The van der Waals surface area contributed by atoms with Crippen LogP contribution in [0.3, 0.4) is 0 Å². The molecule has 5 rings (SSSR count). The van der Waals surface area contributed by atoms with Crippen LogP contribution in [0.5, 0.6) is 11.5 Å². The first-order chi connectivity index (χ1) is 16.4. The van der Waals surface area contributed by atoms with Crippen LogP contribution in [-0.4, -0.2) is 25.2 Å². The summed E-state index contributed by atoms with van der Waals surface area (Å²) in [5.74, 6) is 1.11. The van der Waals surface area contributed by atoms with Gasteiger partial charge in [0.05, 0.1) is 5.69 Å². The fourth-order valence-electron chi connectivity index (χ4n) is 4.55. The molecule has 1 atom stereocenters. The highest BCUT2D eigenvalue weighted by Crippen LogP contribution is 2.47. The van der Waals surface area contributed by atoms with E-state index in [1.54, 1.807) is 16.7 Å². The molecule has 3 aromatic carbocycles. The standard InChI is InChI=1S/C27H26N2O4S/c1-16-10-17(2)27(18(3)11-16)28-25(30)14-29-20-6-4-5-7-23(20)34-24(13-26(29)31)19-8-9-21-22(12-19)33-15-32-21/h4-12,24H,13-15H2,1-3H3,(H,28,30). The lowest BCUT2D eigenvalue weighted by molar-refractivity contribution is -0.121. The molecule has 2 aliphatic heterocycles. The Labute approximate surface area is 203 Å². The van der Waals surface area contributed by atoms with Gasteiger partial charge in [-0.3, -0.25) is 9.59 Å². The summed E-state index contributed by atoms with van der Waals surface area (Å²) in [6.45, 7) is 6.16. The SMILES string of the molecule is Cc1cc(C)c(NC(=O)CN2C(=O)CC(c3ccc4c(c3)OCO4)Sc3ccccc32)c(C)c1. The van der Waals surface area contributed by atoms with Gasteiger partial charge in [-0.1, -0.05) is 35.9 Å². The Morgan fingerprint density at radius 2 is 1.76 bits per heavy atom. The number of nitrogens with one attached hydrogen (secondary N) is 1. The van der Waals surface area contributed by atoms with E-state index in [1.165, 1.54) is 0 Å². The highest BCUT2D eigenvalue weighted by atomic mass is 32.2. The van der Waals surface area contributed by atoms with E-state index in [1.807, 2.05) is 75.4 Å². The van der Waals surface area contributed by atoms with Gasteiger partial charge in [-0.25, -0.2) is 0 Å². The topological polar surface area (TPSA) is 67.9 Å². The lowest BCUT2D eigenvalue weighted by Crippen LogP contribution is -2.38. The summed E-state index contributed by atoms with van der Waals surface area (Å²) < 4.78 is 11.0. The summed E-state index contributed by atoms with van der Waals surface area (Å²) in [6.07, 6.45) is 0.273. The van der Waals surface area contributed by atoms with Crippen molar-refractivity contribution in [3.63, 3.8) is 0 Å². The smallest absolute Gasteiger partial charge is 0.244 e. The third-order valence-corrected chi connectivity index (χ3v) is 7.42. The van der Waals surface area contributed by atoms with Gasteiger partial charge in [0.15, 0.2) is 11.5 Å². The van der Waals surface area contributed by atoms with Crippen molar-refractivity contribution in [2.45, 2.75) is 37.3 Å². The molecule has 3 aromatic rings. The number of thioether (sulfide) groups is 1. The van der Waals surface area contributed by atoms with Crippen LogP contribution >= 0.6 is 11.8 Å². The number of hydrogen-bond donors (Lipinski definition) is 1. The number of rotatable bonds is 4. The molecule has 0 aliphatic carbocycles. The number of anilines is 2. The molecule has 1 N–H and O–H groups in total. The first-order valence-corrected chi connectivity index (χ1v) is 12.1. The summed E-state index contributed by atoms with van der Waals surface area (Å²) in [6, 6.07) is 17.6. The second-order valence-electron chi connectivity index (χ2n) is 8.69.